The van der Waals surface area contributed by atoms with Crippen LogP contribution in [0.5, 0.6) is 5.75 Å². The van der Waals surface area contributed by atoms with Crippen LogP contribution in [-0.4, -0.2) is 26.1 Å². The SMILES string of the molecule is CCN(CC)c1ccc(N)cc1NC(=O)c1ccc(OC)c(Br)c1. The summed E-state index contributed by atoms with van der Waals surface area (Å²) in [7, 11) is 1.59. The third kappa shape index (κ3) is 4.00. The van der Waals surface area contributed by atoms with Gasteiger partial charge in [0.25, 0.3) is 5.91 Å². The van der Waals surface area contributed by atoms with E-state index in [1.54, 1.807) is 31.4 Å². The molecule has 3 N–H and O–H groups in total. The number of nitrogens with two attached hydrogens (primary N) is 1. The van der Waals surface area contributed by atoms with Gasteiger partial charge in [0.1, 0.15) is 5.75 Å². The maximum Gasteiger partial charge on any atom is 0.255 e. The van der Waals surface area contributed by atoms with Crippen molar-refractivity contribution in [3.63, 3.8) is 0 Å². The highest BCUT2D eigenvalue weighted by Crippen LogP contribution is 2.30. The topological polar surface area (TPSA) is 67.6 Å². The molecule has 0 heterocycles. The molecule has 0 spiro atoms. The number of nitrogens with zero attached hydrogens (tertiary/aromatic N) is 1. The molecule has 1 amide bonds. The Kier molecular flexibility index (Phi) is 6.09. The van der Waals surface area contributed by atoms with Gasteiger partial charge in [-0.1, -0.05) is 0 Å². The van der Waals surface area contributed by atoms with Crippen molar-refractivity contribution in [2.24, 2.45) is 0 Å². The second kappa shape index (κ2) is 8.06. The Balaban J connectivity index is 2.31. The van der Waals surface area contributed by atoms with Crippen LogP contribution in [0.3, 0.4) is 0 Å². The van der Waals surface area contributed by atoms with Crippen molar-refractivity contribution in [3.8, 4) is 5.75 Å². The molecule has 6 heteroatoms. The lowest BCUT2D eigenvalue weighted by molar-refractivity contribution is 0.102. The quantitative estimate of drug-likeness (QED) is 0.726. The minimum Gasteiger partial charge on any atom is -0.496 e. The zero-order chi connectivity index (χ0) is 17.7. The first-order valence-corrected chi connectivity index (χ1v) is 8.58. The number of hydrogen-bond donors (Lipinski definition) is 2. The molecule has 2 rings (SSSR count). The molecule has 0 aromatic heterocycles. The van der Waals surface area contributed by atoms with Crippen molar-refractivity contribution in [1.29, 1.82) is 0 Å². The Labute approximate surface area is 150 Å². The number of amides is 1. The van der Waals surface area contributed by atoms with E-state index in [1.807, 2.05) is 12.1 Å². The molecular weight excluding hydrogens is 370 g/mol. The Morgan fingerprint density at radius 1 is 1.21 bits per heavy atom. The molecule has 0 radical (unpaired) electrons. The van der Waals surface area contributed by atoms with Crippen molar-refractivity contribution < 1.29 is 9.53 Å². The fraction of sp³-hybridized carbons (Fsp3) is 0.278. The third-order valence-electron chi connectivity index (χ3n) is 3.79. The van der Waals surface area contributed by atoms with Gasteiger partial charge in [-0.3, -0.25) is 4.79 Å². The number of nitrogens with one attached hydrogen (secondary N) is 1. The van der Waals surface area contributed by atoms with E-state index >= 15 is 0 Å². The van der Waals surface area contributed by atoms with E-state index in [-0.39, 0.29) is 5.91 Å². The van der Waals surface area contributed by atoms with Gasteiger partial charge in [-0.05, 0) is 66.2 Å². The Hall–Kier alpha value is -2.21. The van der Waals surface area contributed by atoms with Gasteiger partial charge in [0.2, 0.25) is 0 Å². The van der Waals surface area contributed by atoms with E-state index in [4.69, 9.17) is 10.5 Å². The molecule has 2 aromatic rings. The van der Waals surface area contributed by atoms with Crippen LogP contribution in [0.1, 0.15) is 24.2 Å². The molecule has 0 bridgehead atoms. The molecule has 0 aliphatic heterocycles. The lowest BCUT2D eigenvalue weighted by atomic mass is 10.1. The van der Waals surface area contributed by atoms with E-state index in [9.17, 15) is 4.79 Å². The summed E-state index contributed by atoms with van der Waals surface area (Å²) < 4.78 is 5.92. The summed E-state index contributed by atoms with van der Waals surface area (Å²) in [6.07, 6.45) is 0. The number of carbonyl (C=O) groups is 1. The summed E-state index contributed by atoms with van der Waals surface area (Å²) in [5, 5.41) is 2.96. The number of carbonyl (C=O) groups excluding carboxylic acids is 1. The standard InChI is InChI=1S/C18H22BrN3O2/c1-4-22(5-2)16-8-7-13(20)11-15(16)21-18(23)12-6-9-17(24-3)14(19)10-12/h6-11H,4-5,20H2,1-3H3,(H,21,23). The van der Waals surface area contributed by atoms with Gasteiger partial charge < -0.3 is 20.7 Å². The van der Waals surface area contributed by atoms with Crippen molar-refractivity contribution in [1.82, 2.24) is 0 Å². The first kappa shape index (κ1) is 18.1. The van der Waals surface area contributed by atoms with Crippen molar-refractivity contribution in [3.05, 3.63) is 46.4 Å². The predicted octanol–water partition coefficient (Wildman–Crippen LogP) is 4.14. The van der Waals surface area contributed by atoms with Gasteiger partial charge in [0.05, 0.1) is 23.0 Å². The van der Waals surface area contributed by atoms with Crippen LogP contribution >= 0.6 is 15.9 Å². The minimum absolute atomic E-state index is 0.197. The average molecular weight is 392 g/mol. The number of anilines is 3. The number of halogens is 1. The predicted molar refractivity (Wildman–Crippen MR) is 103 cm³/mol. The zero-order valence-electron chi connectivity index (χ0n) is 14.1. The van der Waals surface area contributed by atoms with Crippen LogP contribution in [0.25, 0.3) is 0 Å². The monoisotopic (exact) mass is 391 g/mol. The number of rotatable bonds is 6. The Bertz CT molecular complexity index is 730. The van der Waals surface area contributed by atoms with Gasteiger partial charge in [-0.15, -0.1) is 0 Å². The molecule has 0 aliphatic carbocycles. The molecule has 0 saturated carbocycles. The lowest BCUT2D eigenvalue weighted by Crippen LogP contribution is -2.24. The lowest BCUT2D eigenvalue weighted by Gasteiger charge is -2.24. The fourth-order valence-corrected chi connectivity index (χ4v) is 3.04. The molecule has 0 atom stereocenters. The molecule has 0 aliphatic rings. The highest BCUT2D eigenvalue weighted by molar-refractivity contribution is 9.10. The smallest absolute Gasteiger partial charge is 0.255 e. The van der Waals surface area contributed by atoms with Gasteiger partial charge in [0, 0.05) is 24.3 Å². The van der Waals surface area contributed by atoms with Gasteiger partial charge in [0.15, 0.2) is 0 Å². The maximum absolute atomic E-state index is 12.6. The first-order valence-electron chi connectivity index (χ1n) is 7.79. The summed E-state index contributed by atoms with van der Waals surface area (Å²) in [6, 6.07) is 10.8. The van der Waals surface area contributed by atoms with Crippen molar-refractivity contribution >= 4 is 38.9 Å². The van der Waals surface area contributed by atoms with E-state index in [2.05, 4.69) is 40.0 Å². The summed E-state index contributed by atoms with van der Waals surface area (Å²) in [5.41, 5.74) is 8.70. The largest absolute Gasteiger partial charge is 0.496 e. The third-order valence-corrected chi connectivity index (χ3v) is 4.41. The number of benzene rings is 2. The fourth-order valence-electron chi connectivity index (χ4n) is 2.50. The first-order chi connectivity index (χ1) is 11.5. The second-order valence-electron chi connectivity index (χ2n) is 5.25. The number of methoxy groups -OCH3 is 1. The number of ether oxygens (including phenoxy) is 1. The van der Waals surface area contributed by atoms with Crippen LogP contribution in [-0.2, 0) is 0 Å². The zero-order valence-corrected chi connectivity index (χ0v) is 15.7. The summed E-state index contributed by atoms with van der Waals surface area (Å²) in [5.74, 6) is 0.483. The van der Waals surface area contributed by atoms with Crippen LogP contribution in [0.4, 0.5) is 17.1 Å². The number of nitrogen functional groups attached to an aromatic ring is 1. The molecule has 0 fully saturated rings. The molecule has 2 aromatic carbocycles. The van der Waals surface area contributed by atoms with E-state index in [1.165, 1.54) is 0 Å². The second-order valence-corrected chi connectivity index (χ2v) is 6.11. The van der Waals surface area contributed by atoms with Crippen molar-refractivity contribution in [2.75, 3.05) is 36.1 Å². The highest BCUT2D eigenvalue weighted by atomic mass is 79.9. The highest BCUT2D eigenvalue weighted by Gasteiger charge is 2.14. The van der Waals surface area contributed by atoms with Crippen molar-refractivity contribution in [2.45, 2.75) is 13.8 Å². The van der Waals surface area contributed by atoms with E-state index in [0.29, 0.717) is 22.7 Å². The van der Waals surface area contributed by atoms with Gasteiger partial charge >= 0.3 is 0 Å². The Morgan fingerprint density at radius 2 is 1.92 bits per heavy atom. The van der Waals surface area contributed by atoms with Gasteiger partial charge in [-0.2, -0.15) is 0 Å². The summed E-state index contributed by atoms with van der Waals surface area (Å²) in [6.45, 7) is 5.84. The molecule has 128 valence electrons. The van der Waals surface area contributed by atoms with Crippen LogP contribution in [0, 0.1) is 0 Å². The molecule has 24 heavy (non-hydrogen) atoms. The molecule has 5 nitrogen and oxygen atoms in total. The minimum atomic E-state index is -0.197. The van der Waals surface area contributed by atoms with Crippen LogP contribution < -0.4 is 20.7 Å². The maximum atomic E-state index is 12.6. The average Bonchev–Trinajstić information content (AvgIpc) is 2.57. The normalized spacial score (nSPS) is 10.3. The van der Waals surface area contributed by atoms with E-state index in [0.717, 1.165) is 23.2 Å². The van der Waals surface area contributed by atoms with Crippen LogP contribution in [0.2, 0.25) is 0 Å². The number of hydrogen-bond acceptors (Lipinski definition) is 4. The summed E-state index contributed by atoms with van der Waals surface area (Å²) in [4.78, 5) is 14.8. The molecule has 0 saturated heterocycles. The van der Waals surface area contributed by atoms with Crippen LogP contribution in [0.15, 0.2) is 40.9 Å². The summed E-state index contributed by atoms with van der Waals surface area (Å²) >= 11 is 3.40. The van der Waals surface area contributed by atoms with Gasteiger partial charge in [-0.25, -0.2) is 0 Å². The Morgan fingerprint density at radius 3 is 2.50 bits per heavy atom. The molecular formula is C18H22BrN3O2. The molecule has 0 unspecified atom stereocenters. The van der Waals surface area contributed by atoms with E-state index < -0.39 is 0 Å².